The Morgan fingerprint density at radius 2 is 2.00 bits per heavy atom. The van der Waals surface area contributed by atoms with Crippen LogP contribution in [0.2, 0.25) is 0 Å². The van der Waals surface area contributed by atoms with Gasteiger partial charge < -0.3 is 19.8 Å². The van der Waals surface area contributed by atoms with Gasteiger partial charge in [0.15, 0.2) is 5.60 Å². The van der Waals surface area contributed by atoms with Gasteiger partial charge in [-0.05, 0) is 54.5 Å². The summed E-state index contributed by atoms with van der Waals surface area (Å²) in [6.07, 6.45) is 7.27. The average Bonchev–Trinajstić information content (AvgIpc) is 3.23. The van der Waals surface area contributed by atoms with Gasteiger partial charge in [-0.15, -0.1) is 0 Å². The van der Waals surface area contributed by atoms with Gasteiger partial charge >= 0.3 is 5.97 Å². The lowest BCUT2D eigenvalue weighted by Crippen LogP contribution is -2.44. The number of nitrogens with one attached hydrogen (secondary N) is 1. The van der Waals surface area contributed by atoms with Crippen LogP contribution in [-0.2, 0) is 28.3 Å². The van der Waals surface area contributed by atoms with Crippen molar-refractivity contribution in [1.29, 1.82) is 5.41 Å². The van der Waals surface area contributed by atoms with Crippen LogP contribution < -0.4 is 5.56 Å². The summed E-state index contributed by atoms with van der Waals surface area (Å²) >= 11 is 0. The van der Waals surface area contributed by atoms with Crippen LogP contribution in [0.1, 0.15) is 79.2 Å². The van der Waals surface area contributed by atoms with Gasteiger partial charge in [-0.3, -0.25) is 4.79 Å². The number of pyridine rings is 2. The lowest BCUT2D eigenvalue weighted by molar-refractivity contribution is -0.172. The molecule has 1 aliphatic carbocycles. The quantitative estimate of drug-likeness (QED) is 0.356. The van der Waals surface area contributed by atoms with Crippen molar-refractivity contribution in [3.63, 3.8) is 0 Å². The predicted molar refractivity (Wildman–Crippen MR) is 128 cm³/mol. The van der Waals surface area contributed by atoms with Crippen LogP contribution in [0.5, 0.6) is 0 Å². The maximum Gasteiger partial charge on any atom is 0.343 e. The highest BCUT2D eigenvalue weighted by atomic mass is 16.6. The monoisotopic (exact) mass is 457 g/mol. The van der Waals surface area contributed by atoms with Crippen LogP contribution >= 0.6 is 0 Å². The van der Waals surface area contributed by atoms with E-state index in [4.69, 9.17) is 15.1 Å². The van der Waals surface area contributed by atoms with Crippen molar-refractivity contribution in [2.24, 2.45) is 0 Å². The second kappa shape index (κ2) is 7.60. The van der Waals surface area contributed by atoms with E-state index in [2.05, 4.69) is 0 Å². The molecular formula is C27H27N3O4. The minimum Gasteiger partial charge on any atom is -0.458 e. The van der Waals surface area contributed by atoms with Gasteiger partial charge in [0.1, 0.15) is 6.61 Å². The zero-order chi connectivity index (χ0) is 23.6. The Labute approximate surface area is 196 Å². The molecule has 0 saturated heterocycles. The molecule has 4 heterocycles. The van der Waals surface area contributed by atoms with Crippen molar-refractivity contribution in [3.05, 3.63) is 62.4 Å². The van der Waals surface area contributed by atoms with Crippen molar-refractivity contribution in [1.82, 2.24) is 9.55 Å². The number of carbonyl (C=O) groups is 1. The first-order valence-corrected chi connectivity index (χ1v) is 12.1. The number of aromatic nitrogens is 2. The Hall–Kier alpha value is -3.32. The van der Waals surface area contributed by atoms with E-state index < -0.39 is 11.6 Å². The molecule has 0 spiro atoms. The SMILES string of the molecule is CCC1(O)C(=O)OCc2c1cc1n(c2=O)Cc2c-1nc1ccc(C=N)cc1c2C1CCCCC1. The van der Waals surface area contributed by atoms with E-state index in [9.17, 15) is 14.7 Å². The zero-order valence-electron chi connectivity index (χ0n) is 19.2. The molecule has 0 bridgehead atoms. The number of carbonyl (C=O) groups excluding carboxylic acids is 1. The molecule has 7 nitrogen and oxygen atoms in total. The standard InChI is InChI=1S/C27H27N3O4/c1-2-27(33)20-11-22-24-18(13-30(22)25(31)19(20)14-34-26(27)32)23(16-6-4-3-5-7-16)17-10-15(12-28)8-9-21(17)29-24/h8-12,16,28,33H,2-7,13-14H2,1H3. The Balaban J connectivity index is 1.64. The summed E-state index contributed by atoms with van der Waals surface area (Å²) in [5.74, 6) is -0.329. The molecule has 2 aliphatic heterocycles. The summed E-state index contributed by atoms with van der Waals surface area (Å²) in [6.45, 7) is 2.00. The first kappa shape index (κ1) is 21.2. The number of benzene rings is 1. The van der Waals surface area contributed by atoms with E-state index in [-0.39, 0.29) is 18.6 Å². The Kier molecular flexibility index (Phi) is 4.74. The van der Waals surface area contributed by atoms with Gasteiger partial charge in [-0.2, -0.15) is 0 Å². The Morgan fingerprint density at radius 1 is 1.21 bits per heavy atom. The van der Waals surface area contributed by atoms with Gasteiger partial charge in [0.2, 0.25) is 0 Å². The van der Waals surface area contributed by atoms with E-state index in [1.54, 1.807) is 17.6 Å². The average molecular weight is 458 g/mol. The molecule has 174 valence electrons. The molecule has 1 fully saturated rings. The van der Waals surface area contributed by atoms with Gasteiger partial charge in [0, 0.05) is 22.7 Å². The number of cyclic esters (lactones) is 1. The highest BCUT2D eigenvalue weighted by Crippen LogP contribution is 2.45. The lowest BCUT2D eigenvalue weighted by atomic mass is 9.80. The second-order valence-electron chi connectivity index (χ2n) is 9.71. The van der Waals surface area contributed by atoms with Crippen molar-refractivity contribution in [2.75, 3.05) is 0 Å². The third kappa shape index (κ3) is 2.86. The number of hydrogen-bond acceptors (Lipinski definition) is 6. The van der Waals surface area contributed by atoms with Crippen LogP contribution in [0.15, 0.2) is 29.1 Å². The van der Waals surface area contributed by atoms with Gasteiger partial charge in [-0.25, -0.2) is 9.78 Å². The summed E-state index contributed by atoms with van der Waals surface area (Å²) in [5, 5.41) is 19.9. The molecule has 2 aromatic heterocycles. The number of rotatable bonds is 3. The maximum atomic E-state index is 13.6. The number of aliphatic hydroxyl groups is 1. The van der Waals surface area contributed by atoms with Crippen LogP contribution in [0.4, 0.5) is 0 Å². The molecule has 1 unspecified atom stereocenters. The molecule has 7 heteroatoms. The summed E-state index contributed by atoms with van der Waals surface area (Å²) in [5.41, 5.74) is 3.99. The molecule has 3 aromatic rings. The highest BCUT2D eigenvalue weighted by molar-refractivity contribution is 5.93. The lowest BCUT2D eigenvalue weighted by Gasteiger charge is -2.31. The normalized spacial score (nSPS) is 21.6. The van der Waals surface area contributed by atoms with Gasteiger partial charge in [0.05, 0.1) is 29.0 Å². The molecule has 6 rings (SSSR count). The van der Waals surface area contributed by atoms with Gasteiger partial charge in [0.25, 0.3) is 5.56 Å². The molecule has 1 aromatic carbocycles. The number of ether oxygens (including phenoxy) is 1. The van der Waals surface area contributed by atoms with Crippen molar-refractivity contribution in [2.45, 2.75) is 70.1 Å². The van der Waals surface area contributed by atoms with Crippen molar-refractivity contribution in [3.8, 4) is 11.4 Å². The highest BCUT2D eigenvalue weighted by Gasteiger charge is 2.45. The number of fused-ring (bicyclic) bond motifs is 5. The van der Waals surface area contributed by atoms with Crippen LogP contribution in [0, 0.1) is 5.41 Å². The summed E-state index contributed by atoms with van der Waals surface area (Å²) in [6, 6.07) is 7.65. The predicted octanol–water partition coefficient (Wildman–Crippen LogP) is 4.12. The third-order valence-electron chi connectivity index (χ3n) is 7.94. The fraction of sp³-hybridized carbons (Fsp3) is 0.407. The largest absolute Gasteiger partial charge is 0.458 e. The molecular weight excluding hydrogens is 430 g/mol. The molecule has 0 radical (unpaired) electrons. The van der Waals surface area contributed by atoms with Crippen molar-refractivity contribution >= 4 is 23.1 Å². The number of hydrogen-bond donors (Lipinski definition) is 2. The van der Waals surface area contributed by atoms with E-state index in [1.807, 2.05) is 18.2 Å². The molecule has 1 atom stereocenters. The molecule has 34 heavy (non-hydrogen) atoms. The number of esters is 1. The first-order valence-electron chi connectivity index (χ1n) is 12.1. The molecule has 1 saturated carbocycles. The Bertz CT molecular complexity index is 1430. The molecule has 3 aliphatic rings. The molecule has 2 N–H and O–H groups in total. The second-order valence-corrected chi connectivity index (χ2v) is 9.71. The zero-order valence-corrected chi connectivity index (χ0v) is 19.2. The maximum absolute atomic E-state index is 13.6. The smallest absolute Gasteiger partial charge is 0.343 e. The topological polar surface area (TPSA) is 105 Å². The minimum absolute atomic E-state index is 0.124. The van der Waals surface area contributed by atoms with Crippen molar-refractivity contribution < 1.29 is 14.6 Å². The minimum atomic E-state index is -1.83. The third-order valence-corrected chi connectivity index (χ3v) is 7.94. The number of nitrogens with zero attached hydrogens (tertiary/aromatic N) is 2. The van der Waals surface area contributed by atoms with Crippen LogP contribution in [0.25, 0.3) is 22.3 Å². The Morgan fingerprint density at radius 3 is 2.74 bits per heavy atom. The van der Waals surface area contributed by atoms with Gasteiger partial charge in [-0.1, -0.05) is 32.3 Å². The molecule has 0 amide bonds. The first-order chi connectivity index (χ1) is 16.5. The fourth-order valence-corrected chi connectivity index (χ4v) is 6.08. The fourth-order valence-electron chi connectivity index (χ4n) is 6.08. The summed E-state index contributed by atoms with van der Waals surface area (Å²) in [4.78, 5) is 31.0. The summed E-state index contributed by atoms with van der Waals surface area (Å²) < 4.78 is 6.91. The van der Waals surface area contributed by atoms with Crippen LogP contribution in [-0.4, -0.2) is 26.8 Å². The van der Waals surface area contributed by atoms with E-state index >= 15 is 0 Å². The van der Waals surface area contributed by atoms with E-state index in [0.29, 0.717) is 29.3 Å². The van der Waals surface area contributed by atoms with E-state index in [1.165, 1.54) is 31.0 Å². The van der Waals surface area contributed by atoms with E-state index in [0.717, 1.165) is 40.6 Å². The summed E-state index contributed by atoms with van der Waals surface area (Å²) in [7, 11) is 0. The van der Waals surface area contributed by atoms with Crippen LogP contribution in [0.3, 0.4) is 0 Å².